The van der Waals surface area contributed by atoms with Gasteiger partial charge in [-0.3, -0.25) is 9.69 Å². The molecule has 7 nitrogen and oxygen atoms in total. The molecule has 224 valence electrons. The van der Waals surface area contributed by atoms with Gasteiger partial charge in [0.05, 0.1) is 27.6 Å². The fraction of sp³-hybridized carbons (Fsp3) is 0.484. The van der Waals surface area contributed by atoms with Crippen molar-refractivity contribution in [1.82, 2.24) is 9.88 Å². The normalized spacial score (nSPS) is 20.5. The Bertz CT molecular complexity index is 1500. The Hall–Kier alpha value is -2.14. The molecule has 2 atom stereocenters. The number of aromatic nitrogens is 1. The third kappa shape index (κ3) is 5.72. The highest BCUT2D eigenvalue weighted by molar-refractivity contribution is 7.15. The number of thiazole rings is 1. The maximum atomic E-state index is 13.6. The maximum Gasteiger partial charge on any atom is 0.236 e. The van der Waals surface area contributed by atoms with Gasteiger partial charge < -0.3 is 19.2 Å². The lowest BCUT2D eigenvalue weighted by molar-refractivity contribution is -0.118. The lowest BCUT2D eigenvalue weighted by Gasteiger charge is -2.38. The lowest BCUT2D eigenvalue weighted by Crippen LogP contribution is -2.44. The van der Waals surface area contributed by atoms with Crippen LogP contribution in [-0.2, 0) is 14.6 Å². The van der Waals surface area contributed by atoms with Crippen molar-refractivity contribution in [2.24, 2.45) is 0 Å². The van der Waals surface area contributed by atoms with E-state index in [-0.39, 0.29) is 29.9 Å². The minimum Gasteiger partial charge on any atom is -0.454 e. The van der Waals surface area contributed by atoms with E-state index < -0.39 is 13.7 Å². The molecule has 42 heavy (non-hydrogen) atoms. The van der Waals surface area contributed by atoms with Crippen LogP contribution in [-0.4, -0.2) is 50.1 Å². The molecule has 1 N–H and O–H groups in total. The number of rotatable bonds is 8. The Morgan fingerprint density at radius 3 is 2.62 bits per heavy atom. The first-order valence-corrected chi connectivity index (χ1v) is 18.9. The quantitative estimate of drug-likeness (QED) is 0.250. The average molecular weight is 647 g/mol. The number of likely N-dealkylation sites (tertiary alicyclic amines) is 1. The Kier molecular flexibility index (Phi) is 7.90. The van der Waals surface area contributed by atoms with E-state index in [4.69, 9.17) is 37.1 Å². The molecule has 1 aliphatic carbocycles. The van der Waals surface area contributed by atoms with Gasteiger partial charge in [-0.15, -0.1) is 0 Å². The monoisotopic (exact) mass is 645 g/mol. The van der Waals surface area contributed by atoms with Crippen molar-refractivity contribution in [3.8, 4) is 11.5 Å². The van der Waals surface area contributed by atoms with Crippen LogP contribution < -0.4 is 14.8 Å². The molecule has 11 heteroatoms. The Morgan fingerprint density at radius 2 is 1.90 bits per heavy atom. The Balaban J connectivity index is 1.22. The summed E-state index contributed by atoms with van der Waals surface area (Å²) in [5.74, 6) is 1.36. The van der Waals surface area contributed by atoms with Crippen molar-refractivity contribution in [2.45, 2.75) is 75.7 Å². The van der Waals surface area contributed by atoms with Crippen LogP contribution in [0.1, 0.15) is 62.1 Å². The van der Waals surface area contributed by atoms with Gasteiger partial charge in [0.2, 0.25) is 12.7 Å². The predicted octanol–water partition coefficient (Wildman–Crippen LogP) is 8.03. The fourth-order valence-corrected chi connectivity index (χ4v) is 8.23. The van der Waals surface area contributed by atoms with Crippen LogP contribution in [0.4, 0.5) is 5.13 Å². The fourth-order valence-electron chi connectivity index (χ4n) is 5.57. The molecule has 3 aromatic rings. The molecule has 6 rings (SSSR count). The molecule has 0 radical (unpaired) electrons. The van der Waals surface area contributed by atoms with Crippen molar-refractivity contribution in [3.63, 3.8) is 0 Å². The summed E-state index contributed by atoms with van der Waals surface area (Å²) in [4.78, 5) is 21.7. The van der Waals surface area contributed by atoms with E-state index in [1.807, 2.05) is 42.6 Å². The third-order valence-electron chi connectivity index (χ3n) is 9.19. The molecule has 2 aromatic carbocycles. The van der Waals surface area contributed by atoms with E-state index in [0.29, 0.717) is 26.7 Å². The zero-order valence-corrected chi connectivity index (χ0v) is 28.0. The molecule has 2 fully saturated rings. The third-order valence-corrected chi connectivity index (χ3v) is 15.4. The molecule has 1 amide bonds. The zero-order valence-electron chi connectivity index (χ0n) is 24.6. The van der Waals surface area contributed by atoms with Gasteiger partial charge in [-0.1, -0.05) is 67.4 Å². The standard InChI is InChI=1S/C31H37Cl2N3O4SSi/c1-30(2,3)42(4,5)40-21-10-13-36(17-21)27(19-6-8-22(32)23(33)14-19)26-16-34-29(41-26)35-28(37)31(11-12-31)20-7-9-24-25(15-20)39-18-38-24/h6-9,14-16,21,27H,10-13,17-18H2,1-5H3,(H,34,35,37). The van der Waals surface area contributed by atoms with Gasteiger partial charge in [0.25, 0.3) is 0 Å². The molecule has 0 spiro atoms. The number of benzene rings is 2. The van der Waals surface area contributed by atoms with E-state index in [1.54, 1.807) is 0 Å². The van der Waals surface area contributed by atoms with Gasteiger partial charge >= 0.3 is 0 Å². The highest BCUT2D eigenvalue weighted by Crippen LogP contribution is 2.51. The number of hydrogen-bond acceptors (Lipinski definition) is 7. The molecular weight excluding hydrogens is 609 g/mol. The number of carbonyl (C=O) groups excluding carboxylic acids is 1. The summed E-state index contributed by atoms with van der Waals surface area (Å²) in [6, 6.07) is 11.5. The second-order valence-electron chi connectivity index (χ2n) is 13.0. The van der Waals surface area contributed by atoms with Crippen molar-refractivity contribution in [2.75, 3.05) is 25.2 Å². The predicted molar refractivity (Wildman–Crippen MR) is 171 cm³/mol. The summed E-state index contributed by atoms with van der Waals surface area (Å²) < 4.78 is 17.8. The van der Waals surface area contributed by atoms with Crippen LogP contribution >= 0.6 is 34.5 Å². The van der Waals surface area contributed by atoms with E-state index in [2.05, 4.69) is 49.1 Å². The summed E-state index contributed by atoms with van der Waals surface area (Å²) in [6.45, 7) is 13.3. The lowest BCUT2D eigenvalue weighted by atomic mass is 9.94. The minimum atomic E-state index is -1.91. The van der Waals surface area contributed by atoms with Crippen molar-refractivity contribution in [3.05, 3.63) is 68.6 Å². The van der Waals surface area contributed by atoms with Crippen molar-refractivity contribution >= 4 is 53.9 Å². The average Bonchev–Trinajstić information content (AvgIpc) is 3.22. The molecule has 3 heterocycles. The van der Waals surface area contributed by atoms with Gasteiger partial charge in [0, 0.05) is 24.2 Å². The SMILES string of the molecule is CC(C)(C)[Si](C)(C)OC1CCN(C(c2ccc(Cl)c(Cl)c2)c2cnc(NC(=O)C3(c4ccc5c(c4)OCO5)CC3)s2)C1. The van der Waals surface area contributed by atoms with Gasteiger partial charge in [-0.25, -0.2) is 4.98 Å². The van der Waals surface area contributed by atoms with E-state index in [1.165, 1.54) is 11.3 Å². The van der Waals surface area contributed by atoms with Crippen molar-refractivity contribution in [1.29, 1.82) is 0 Å². The van der Waals surface area contributed by atoms with Gasteiger partial charge in [-0.05, 0) is 72.8 Å². The second kappa shape index (κ2) is 11.1. The topological polar surface area (TPSA) is 72.9 Å². The van der Waals surface area contributed by atoms with Crippen LogP contribution in [0.5, 0.6) is 11.5 Å². The van der Waals surface area contributed by atoms with Crippen LogP contribution in [0.3, 0.4) is 0 Å². The molecule has 1 saturated heterocycles. The summed E-state index contributed by atoms with van der Waals surface area (Å²) in [7, 11) is -1.91. The summed E-state index contributed by atoms with van der Waals surface area (Å²) >= 11 is 14.3. The molecule has 2 unspecified atom stereocenters. The first kappa shape index (κ1) is 29.9. The van der Waals surface area contributed by atoms with Crippen LogP contribution in [0.2, 0.25) is 28.2 Å². The first-order chi connectivity index (χ1) is 19.9. The second-order valence-corrected chi connectivity index (χ2v) is 19.7. The van der Waals surface area contributed by atoms with E-state index >= 15 is 0 Å². The molecule has 1 saturated carbocycles. The molecule has 2 aliphatic heterocycles. The van der Waals surface area contributed by atoms with E-state index in [0.717, 1.165) is 48.4 Å². The Labute approximate surface area is 262 Å². The Morgan fingerprint density at radius 1 is 1.14 bits per heavy atom. The summed E-state index contributed by atoms with van der Waals surface area (Å²) in [5, 5.41) is 4.89. The molecular formula is C31H37Cl2N3O4SSi. The summed E-state index contributed by atoms with van der Waals surface area (Å²) in [5.41, 5.74) is 1.41. The number of hydrogen-bond donors (Lipinski definition) is 1. The highest BCUT2D eigenvalue weighted by atomic mass is 35.5. The number of amides is 1. The number of halogens is 2. The van der Waals surface area contributed by atoms with Gasteiger partial charge in [-0.2, -0.15) is 0 Å². The largest absolute Gasteiger partial charge is 0.454 e. The van der Waals surface area contributed by atoms with Crippen LogP contribution in [0.15, 0.2) is 42.6 Å². The van der Waals surface area contributed by atoms with E-state index in [9.17, 15) is 4.79 Å². The number of nitrogens with zero attached hydrogens (tertiary/aromatic N) is 2. The number of ether oxygens (including phenoxy) is 2. The highest BCUT2D eigenvalue weighted by Gasteiger charge is 2.52. The molecule has 0 bridgehead atoms. The van der Waals surface area contributed by atoms with Crippen LogP contribution in [0.25, 0.3) is 0 Å². The number of nitrogens with one attached hydrogen (secondary N) is 1. The molecule has 1 aromatic heterocycles. The van der Waals surface area contributed by atoms with Crippen LogP contribution in [0, 0.1) is 0 Å². The number of carbonyl (C=O) groups is 1. The number of fused-ring (bicyclic) bond motifs is 1. The summed E-state index contributed by atoms with van der Waals surface area (Å²) in [6.07, 6.45) is 4.57. The maximum absolute atomic E-state index is 13.6. The zero-order chi connectivity index (χ0) is 29.9. The smallest absolute Gasteiger partial charge is 0.236 e. The first-order valence-electron chi connectivity index (χ1n) is 14.4. The van der Waals surface area contributed by atoms with Crippen molar-refractivity contribution < 1.29 is 18.7 Å². The van der Waals surface area contributed by atoms with Gasteiger partial charge in [0.15, 0.2) is 24.9 Å². The minimum absolute atomic E-state index is 0.0441. The molecule has 3 aliphatic rings. The number of anilines is 1. The van der Waals surface area contributed by atoms with Gasteiger partial charge in [0.1, 0.15) is 0 Å².